The molecule has 1 fully saturated rings. The van der Waals surface area contributed by atoms with Crippen molar-refractivity contribution in [2.24, 2.45) is 11.8 Å². The van der Waals surface area contributed by atoms with Crippen LogP contribution in [0.5, 0.6) is 0 Å². The third kappa shape index (κ3) is 2.44. The van der Waals surface area contributed by atoms with Crippen LogP contribution < -0.4 is 0 Å². The molecule has 1 atom stereocenters. The molecule has 2 rings (SSSR count). The third-order valence-corrected chi connectivity index (χ3v) is 3.10. The Morgan fingerprint density at radius 1 is 1.53 bits per heavy atom. The molecule has 0 aliphatic heterocycles. The molecule has 1 unspecified atom stereocenters. The Balaban J connectivity index is 2.08. The third-order valence-electron chi connectivity index (χ3n) is 3.10. The van der Waals surface area contributed by atoms with Crippen LogP contribution in [0, 0.1) is 24.6 Å². The molecular formula is C13H15FO. The maximum absolute atomic E-state index is 13.0. The Morgan fingerprint density at radius 3 is 2.80 bits per heavy atom. The molecule has 2 heteroatoms. The van der Waals surface area contributed by atoms with E-state index in [2.05, 4.69) is 0 Å². The minimum absolute atomic E-state index is 0.134. The van der Waals surface area contributed by atoms with Gasteiger partial charge >= 0.3 is 0 Å². The van der Waals surface area contributed by atoms with Crippen molar-refractivity contribution in [3.63, 3.8) is 0 Å². The highest BCUT2D eigenvalue weighted by molar-refractivity contribution is 5.55. The van der Waals surface area contributed by atoms with Gasteiger partial charge in [-0.1, -0.05) is 12.1 Å². The molecule has 15 heavy (non-hydrogen) atoms. The number of aldehydes is 1. The molecule has 1 saturated carbocycles. The Bertz CT molecular complexity index is 369. The fourth-order valence-corrected chi connectivity index (χ4v) is 1.96. The monoisotopic (exact) mass is 206 g/mol. The van der Waals surface area contributed by atoms with Gasteiger partial charge in [0, 0.05) is 5.92 Å². The summed E-state index contributed by atoms with van der Waals surface area (Å²) < 4.78 is 13.0. The van der Waals surface area contributed by atoms with E-state index in [0.29, 0.717) is 11.5 Å². The summed E-state index contributed by atoms with van der Waals surface area (Å²) in [6.07, 6.45) is 4.15. The van der Waals surface area contributed by atoms with Gasteiger partial charge in [-0.3, -0.25) is 0 Å². The van der Waals surface area contributed by atoms with E-state index in [-0.39, 0.29) is 11.7 Å². The molecule has 0 heterocycles. The van der Waals surface area contributed by atoms with Crippen molar-refractivity contribution in [2.45, 2.75) is 26.2 Å². The quantitative estimate of drug-likeness (QED) is 0.692. The van der Waals surface area contributed by atoms with Crippen molar-refractivity contribution in [3.05, 3.63) is 35.1 Å². The zero-order valence-corrected chi connectivity index (χ0v) is 8.87. The minimum Gasteiger partial charge on any atom is -0.303 e. The summed E-state index contributed by atoms with van der Waals surface area (Å²) >= 11 is 0. The molecule has 1 aliphatic carbocycles. The molecule has 0 aromatic heterocycles. The predicted octanol–water partition coefficient (Wildman–Crippen LogP) is 2.90. The lowest BCUT2D eigenvalue weighted by atomic mass is 9.95. The van der Waals surface area contributed by atoms with Gasteiger partial charge in [0.25, 0.3) is 0 Å². The normalized spacial score (nSPS) is 17.5. The number of carbonyl (C=O) groups excluding carboxylic acids is 1. The van der Waals surface area contributed by atoms with Crippen molar-refractivity contribution in [1.82, 2.24) is 0 Å². The molecule has 80 valence electrons. The number of hydrogen-bond acceptors (Lipinski definition) is 1. The summed E-state index contributed by atoms with van der Waals surface area (Å²) in [5, 5.41) is 0. The van der Waals surface area contributed by atoms with Crippen LogP contribution >= 0.6 is 0 Å². The lowest BCUT2D eigenvalue weighted by molar-refractivity contribution is -0.111. The molecule has 1 aromatic rings. The minimum atomic E-state index is -0.173. The van der Waals surface area contributed by atoms with Crippen molar-refractivity contribution in [1.29, 1.82) is 0 Å². The Labute approximate surface area is 89.3 Å². The SMILES string of the molecule is Cc1cc(CC(C=O)C2CC2)ccc1F. The standard InChI is InChI=1S/C13H15FO/c1-9-6-10(2-5-13(9)14)7-12(8-15)11-3-4-11/h2,5-6,8,11-12H,3-4,7H2,1H3. The van der Waals surface area contributed by atoms with Crippen LogP contribution in [0.2, 0.25) is 0 Å². The maximum atomic E-state index is 13.0. The number of benzene rings is 1. The first-order valence-corrected chi connectivity index (χ1v) is 5.41. The Hall–Kier alpha value is -1.18. The van der Waals surface area contributed by atoms with Crippen LogP contribution in [0.4, 0.5) is 4.39 Å². The second-order valence-corrected chi connectivity index (χ2v) is 4.43. The summed E-state index contributed by atoms with van der Waals surface area (Å²) in [4.78, 5) is 10.9. The zero-order chi connectivity index (χ0) is 10.8. The fourth-order valence-electron chi connectivity index (χ4n) is 1.96. The number of halogens is 1. The highest BCUT2D eigenvalue weighted by Gasteiger charge is 2.30. The molecule has 1 aliphatic rings. The van der Waals surface area contributed by atoms with Gasteiger partial charge in [-0.2, -0.15) is 0 Å². The molecule has 1 aromatic carbocycles. The van der Waals surface area contributed by atoms with Crippen molar-refractivity contribution in [3.8, 4) is 0 Å². The van der Waals surface area contributed by atoms with Crippen molar-refractivity contribution < 1.29 is 9.18 Å². The van der Waals surface area contributed by atoms with Crippen LogP contribution in [0.1, 0.15) is 24.0 Å². The predicted molar refractivity (Wildman–Crippen MR) is 57.1 cm³/mol. The second-order valence-electron chi connectivity index (χ2n) is 4.43. The summed E-state index contributed by atoms with van der Waals surface area (Å²) in [6, 6.07) is 5.11. The molecule has 0 bridgehead atoms. The summed E-state index contributed by atoms with van der Waals surface area (Å²) in [5.74, 6) is 0.538. The molecule has 0 spiro atoms. The van der Waals surface area contributed by atoms with Gasteiger partial charge in [-0.15, -0.1) is 0 Å². The largest absolute Gasteiger partial charge is 0.303 e. The number of hydrogen-bond donors (Lipinski definition) is 0. The molecule has 0 amide bonds. The van der Waals surface area contributed by atoms with Gasteiger partial charge in [-0.05, 0) is 49.3 Å². The number of carbonyl (C=O) groups is 1. The van der Waals surface area contributed by atoms with Gasteiger partial charge in [0.2, 0.25) is 0 Å². The maximum Gasteiger partial charge on any atom is 0.126 e. The van der Waals surface area contributed by atoms with Crippen LogP contribution in [-0.2, 0) is 11.2 Å². The van der Waals surface area contributed by atoms with Gasteiger partial charge in [0.05, 0.1) is 0 Å². The fraction of sp³-hybridized carbons (Fsp3) is 0.462. The lowest BCUT2D eigenvalue weighted by Crippen LogP contribution is -2.08. The average Bonchev–Trinajstić information content (AvgIpc) is 3.03. The van der Waals surface area contributed by atoms with E-state index in [9.17, 15) is 9.18 Å². The van der Waals surface area contributed by atoms with Crippen LogP contribution in [0.15, 0.2) is 18.2 Å². The van der Waals surface area contributed by atoms with E-state index >= 15 is 0 Å². The highest BCUT2D eigenvalue weighted by Crippen LogP contribution is 2.37. The van der Waals surface area contributed by atoms with Crippen LogP contribution in [0.25, 0.3) is 0 Å². The smallest absolute Gasteiger partial charge is 0.126 e. The van der Waals surface area contributed by atoms with E-state index in [1.807, 2.05) is 6.07 Å². The van der Waals surface area contributed by atoms with E-state index in [1.165, 1.54) is 18.9 Å². The van der Waals surface area contributed by atoms with E-state index < -0.39 is 0 Å². The van der Waals surface area contributed by atoms with Crippen molar-refractivity contribution >= 4 is 6.29 Å². The topological polar surface area (TPSA) is 17.1 Å². The van der Waals surface area contributed by atoms with Crippen molar-refractivity contribution in [2.75, 3.05) is 0 Å². The van der Waals surface area contributed by atoms with Crippen LogP contribution in [0.3, 0.4) is 0 Å². The summed E-state index contributed by atoms with van der Waals surface area (Å²) in [7, 11) is 0. The molecule has 1 nitrogen and oxygen atoms in total. The molecule has 0 saturated heterocycles. The number of aryl methyl sites for hydroxylation is 1. The Morgan fingerprint density at radius 2 is 2.27 bits per heavy atom. The molecule has 0 radical (unpaired) electrons. The lowest BCUT2D eigenvalue weighted by Gasteiger charge is -2.09. The Kier molecular flexibility index (Phi) is 2.85. The second kappa shape index (κ2) is 4.13. The first kappa shape index (κ1) is 10.3. The van der Waals surface area contributed by atoms with E-state index in [0.717, 1.165) is 18.3 Å². The highest BCUT2D eigenvalue weighted by atomic mass is 19.1. The number of rotatable bonds is 4. The zero-order valence-electron chi connectivity index (χ0n) is 8.87. The summed E-state index contributed by atoms with van der Waals surface area (Å²) in [5.41, 5.74) is 1.73. The van der Waals surface area contributed by atoms with Gasteiger partial charge < -0.3 is 4.79 Å². The molecular weight excluding hydrogens is 191 g/mol. The van der Waals surface area contributed by atoms with E-state index in [4.69, 9.17) is 0 Å². The van der Waals surface area contributed by atoms with Gasteiger partial charge in [-0.25, -0.2) is 4.39 Å². The average molecular weight is 206 g/mol. The first-order valence-electron chi connectivity index (χ1n) is 5.41. The molecule has 0 N–H and O–H groups in total. The van der Waals surface area contributed by atoms with Crippen LogP contribution in [-0.4, -0.2) is 6.29 Å². The summed E-state index contributed by atoms with van der Waals surface area (Å²) in [6.45, 7) is 1.76. The van der Waals surface area contributed by atoms with Gasteiger partial charge in [0.1, 0.15) is 12.1 Å². The van der Waals surface area contributed by atoms with Gasteiger partial charge in [0.15, 0.2) is 0 Å². The first-order chi connectivity index (χ1) is 7.20. The van der Waals surface area contributed by atoms with E-state index in [1.54, 1.807) is 13.0 Å².